The van der Waals surface area contributed by atoms with Crippen molar-refractivity contribution in [3.05, 3.63) is 82.7 Å². The van der Waals surface area contributed by atoms with E-state index in [0.29, 0.717) is 12.1 Å². The third kappa shape index (κ3) is 5.04. The van der Waals surface area contributed by atoms with Crippen molar-refractivity contribution < 1.29 is 45.4 Å². The second-order valence-corrected chi connectivity index (χ2v) is 6.71. The van der Waals surface area contributed by atoms with E-state index in [4.69, 9.17) is 9.84 Å². The predicted molar refractivity (Wildman–Crippen MR) is 97.3 cm³/mol. The number of carbonyl (C=O) groups is 1. The first-order valence-electron chi connectivity index (χ1n) is 9.02. The summed E-state index contributed by atoms with van der Waals surface area (Å²) in [5.41, 5.74) is -1.93. The molecule has 1 aromatic heterocycles. The lowest BCUT2D eigenvalue weighted by molar-refractivity contribution is -0.139. The summed E-state index contributed by atoms with van der Waals surface area (Å²) in [5, 5.41) is 8.65. The molecule has 3 aromatic rings. The lowest BCUT2D eigenvalue weighted by Crippen LogP contribution is -2.13. The van der Waals surface area contributed by atoms with Crippen LogP contribution in [0, 0.1) is 23.3 Å². The van der Waals surface area contributed by atoms with Crippen molar-refractivity contribution in [2.75, 3.05) is 0 Å². The van der Waals surface area contributed by atoms with Crippen LogP contribution in [0.25, 0.3) is 5.69 Å². The van der Waals surface area contributed by atoms with Crippen LogP contribution in [0.3, 0.4) is 0 Å². The topological polar surface area (TPSA) is 51.5 Å². The Balaban J connectivity index is 1.94. The summed E-state index contributed by atoms with van der Waals surface area (Å²) in [7, 11) is 0. The number of aliphatic carboxylic acids is 1. The number of aromatic nitrogens is 1. The predicted octanol–water partition coefficient (Wildman–Crippen LogP) is 5.65. The number of halogens is 7. The maximum atomic E-state index is 14.3. The summed E-state index contributed by atoms with van der Waals surface area (Å²) in [4.78, 5) is 10.6. The number of carboxylic acids is 1. The monoisotopic (exact) mass is 461 g/mol. The molecule has 0 saturated heterocycles. The molecule has 4 nitrogen and oxygen atoms in total. The van der Waals surface area contributed by atoms with Gasteiger partial charge in [0.05, 0.1) is 11.3 Å². The van der Waals surface area contributed by atoms with Gasteiger partial charge in [-0.2, -0.15) is 13.2 Å². The van der Waals surface area contributed by atoms with Crippen molar-refractivity contribution in [3.63, 3.8) is 0 Å². The second-order valence-electron chi connectivity index (χ2n) is 6.71. The van der Waals surface area contributed by atoms with Crippen LogP contribution in [0.5, 0.6) is 5.75 Å². The van der Waals surface area contributed by atoms with Gasteiger partial charge in [0.25, 0.3) is 0 Å². The Morgan fingerprint density at radius 3 is 2.16 bits per heavy atom. The van der Waals surface area contributed by atoms with Gasteiger partial charge in [0, 0.05) is 24.4 Å². The average molecular weight is 461 g/mol. The Hall–Kier alpha value is -3.50. The first-order chi connectivity index (χ1) is 15.0. The number of benzene rings is 2. The maximum absolute atomic E-state index is 14.3. The Morgan fingerprint density at radius 2 is 1.59 bits per heavy atom. The SMILES string of the molecule is O=C(O)CCc1cc(F)c(OCc2c(C(F)(F)F)ccn2-c2ccc(F)c(F)c2)c(F)c1. The molecule has 3 rings (SSSR count). The van der Waals surface area contributed by atoms with E-state index in [1.54, 1.807) is 0 Å². The number of aryl methyl sites for hydroxylation is 1. The third-order valence-electron chi connectivity index (χ3n) is 4.52. The molecular weight excluding hydrogens is 447 g/mol. The normalized spacial score (nSPS) is 11.6. The summed E-state index contributed by atoms with van der Waals surface area (Å²) in [5.74, 6) is -7.11. The fourth-order valence-electron chi connectivity index (χ4n) is 3.03. The highest BCUT2D eigenvalue weighted by molar-refractivity contribution is 5.67. The molecule has 1 heterocycles. The minimum Gasteiger partial charge on any atom is -0.481 e. The number of hydrogen-bond donors (Lipinski definition) is 1. The van der Waals surface area contributed by atoms with E-state index in [1.807, 2.05) is 0 Å². The number of alkyl halides is 3. The van der Waals surface area contributed by atoms with Crippen molar-refractivity contribution >= 4 is 5.97 Å². The minimum atomic E-state index is -4.86. The molecule has 0 spiro atoms. The van der Waals surface area contributed by atoms with Crippen molar-refractivity contribution in [1.82, 2.24) is 4.57 Å². The summed E-state index contributed by atoms with van der Waals surface area (Å²) in [6, 6.07) is 4.72. The fourth-order valence-corrected chi connectivity index (χ4v) is 3.03. The molecular formula is C21H14F7NO3. The van der Waals surface area contributed by atoms with Gasteiger partial charge in [0.15, 0.2) is 29.0 Å². The standard InChI is InChI=1S/C21H14F7NO3/c22-14-3-2-12(9-15(14)23)29-6-5-13(21(26,27)28)18(29)10-32-20-16(24)7-11(8-17(20)25)1-4-19(30)31/h2-3,5-9H,1,4,10H2,(H,30,31). The van der Waals surface area contributed by atoms with E-state index in [2.05, 4.69) is 0 Å². The van der Waals surface area contributed by atoms with Crippen LogP contribution >= 0.6 is 0 Å². The summed E-state index contributed by atoms with van der Waals surface area (Å²) in [6.07, 6.45) is -4.47. The van der Waals surface area contributed by atoms with Crippen LogP contribution in [0.2, 0.25) is 0 Å². The molecule has 32 heavy (non-hydrogen) atoms. The summed E-state index contributed by atoms with van der Waals surface area (Å²) in [6.45, 7) is -0.955. The van der Waals surface area contributed by atoms with Crippen LogP contribution in [0.15, 0.2) is 42.6 Å². The largest absolute Gasteiger partial charge is 0.481 e. The maximum Gasteiger partial charge on any atom is 0.418 e. The lowest BCUT2D eigenvalue weighted by Gasteiger charge is -2.15. The molecule has 11 heteroatoms. The van der Waals surface area contributed by atoms with Gasteiger partial charge < -0.3 is 14.4 Å². The van der Waals surface area contributed by atoms with Gasteiger partial charge in [-0.15, -0.1) is 0 Å². The zero-order valence-electron chi connectivity index (χ0n) is 16.0. The Morgan fingerprint density at radius 1 is 0.938 bits per heavy atom. The van der Waals surface area contributed by atoms with E-state index in [0.717, 1.165) is 35.0 Å². The van der Waals surface area contributed by atoms with Gasteiger partial charge in [-0.3, -0.25) is 4.79 Å². The molecule has 0 fully saturated rings. The molecule has 0 aliphatic heterocycles. The number of nitrogens with zero attached hydrogens (tertiary/aromatic N) is 1. The van der Waals surface area contributed by atoms with Crippen molar-refractivity contribution in [3.8, 4) is 11.4 Å². The highest BCUT2D eigenvalue weighted by atomic mass is 19.4. The fraction of sp³-hybridized carbons (Fsp3) is 0.190. The molecule has 0 saturated carbocycles. The zero-order chi connectivity index (χ0) is 23.6. The lowest BCUT2D eigenvalue weighted by atomic mass is 10.1. The van der Waals surface area contributed by atoms with Crippen LogP contribution < -0.4 is 4.74 Å². The highest BCUT2D eigenvalue weighted by Crippen LogP contribution is 2.35. The molecule has 0 bridgehead atoms. The Labute approximate surface area is 176 Å². The van der Waals surface area contributed by atoms with Crippen molar-refractivity contribution in [1.29, 1.82) is 0 Å². The first-order valence-corrected chi connectivity index (χ1v) is 9.02. The number of ether oxygens (including phenoxy) is 1. The van der Waals surface area contributed by atoms with E-state index in [1.165, 1.54) is 0 Å². The van der Waals surface area contributed by atoms with Gasteiger partial charge in [-0.25, -0.2) is 17.6 Å². The molecule has 0 unspecified atom stereocenters. The molecule has 2 aromatic carbocycles. The molecule has 0 aliphatic carbocycles. The number of rotatable bonds is 7. The van der Waals surface area contributed by atoms with Crippen molar-refractivity contribution in [2.24, 2.45) is 0 Å². The van der Waals surface area contributed by atoms with E-state index in [9.17, 15) is 35.5 Å². The van der Waals surface area contributed by atoms with Crippen LogP contribution in [0.1, 0.15) is 23.2 Å². The van der Waals surface area contributed by atoms with E-state index < -0.39 is 59.0 Å². The first kappa shape index (κ1) is 23.2. The van der Waals surface area contributed by atoms with E-state index in [-0.39, 0.29) is 24.1 Å². The van der Waals surface area contributed by atoms with Crippen LogP contribution in [-0.4, -0.2) is 15.6 Å². The summed E-state index contributed by atoms with van der Waals surface area (Å²) < 4.78 is 101. The van der Waals surface area contributed by atoms with Crippen LogP contribution in [-0.2, 0) is 24.0 Å². The highest BCUT2D eigenvalue weighted by Gasteiger charge is 2.36. The number of carboxylic acid groups (broad SMARTS) is 1. The van der Waals surface area contributed by atoms with Gasteiger partial charge >= 0.3 is 12.1 Å². The molecule has 0 amide bonds. The molecule has 0 atom stereocenters. The zero-order valence-corrected chi connectivity index (χ0v) is 16.0. The molecule has 170 valence electrons. The Kier molecular flexibility index (Phi) is 6.47. The smallest absolute Gasteiger partial charge is 0.418 e. The van der Waals surface area contributed by atoms with Gasteiger partial charge in [-0.1, -0.05) is 0 Å². The molecule has 0 aliphatic rings. The third-order valence-corrected chi connectivity index (χ3v) is 4.52. The van der Waals surface area contributed by atoms with Gasteiger partial charge in [-0.05, 0) is 42.3 Å². The van der Waals surface area contributed by atoms with Crippen molar-refractivity contribution in [2.45, 2.75) is 25.6 Å². The van der Waals surface area contributed by atoms with Gasteiger partial charge in [0.1, 0.15) is 6.61 Å². The quantitative estimate of drug-likeness (QED) is 0.463. The van der Waals surface area contributed by atoms with Gasteiger partial charge in [0.2, 0.25) is 0 Å². The van der Waals surface area contributed by atoms with Crippen LogP contribution in [0.4, 0.5) is 30.7 Å². The Bertz CT molecular complexity index is 1130. The van der Waals surface area contributed by atoms with E-state index >= 15 is 0 Å². The number of hydrogen-bond acceptors (Lipinski definition) is 2. The average Bonchev–Trinajstić information content (AvgIpc) is 3.12. The molecule has 1 N–H and O–H groups in total. The summed E-state index contributed by atoms with van der Waals surface area (Å²) >= 11 is 0. The minimum absolute atomic E-state index is 0.0240. The molecule has 0 radical (unpaired) electrons. The second kappa shape index (κ2) is 8.93.